The number of Topliss-reactive ketones (excluding diaryl/α,β-unsaturated/α-hetero) is 1. The molecule has 1 N–H and O–H groups in total. The first-order valence-electron chi connectivity index (χ1n) is 9.56. The maximum atomic E-state index is 13.1. The number of pyridine rings is 1. The smallest absolute Gasteiger partial charge is 0.271 e. The third kappa shape index (κ3) is 3.98. The highest BCUT2D eigenvalue weighted by molar-refractivity contribution is 6.03. The number of nitrogens with zero attached hydrogens (tertiary/aromatic N) is 2. The second-order valence-corrected chi connectivity index (χ2v) is 6.90. The number of hydrogen-bond donors (Lipinski definition) is 1. The van der Waals surface area contributed by atoms with Crippen LogP contribution in [-0.4, -0.2) is 21.6 Å². The molecule has 0 fully saturated rings. The lowest BCUT2D eigenvalue weighted by Gasteiger charge is -2.18. The molecule has 1 atom stereocenters. The van der Waals surface area contributed by atoms with Gasteiger partial charge in [-0.2, -0.15) is 5.26 Å². The Kier molecular flexibility index (Phi) is 6.07. The summed E-state index contributed by atoms with van der Waals surface area (Å²) >= 11 is 0. The Hall–Kier alpha value is -3.79. The largest absolute Gasteiger partial charge is 0.494 e. The molecule has 0 amide bonds. The van der Waals surface area contributed by atoms with Crippen LogP contribution < -0.4 is 10.3 Å². The summed E-state index contributed by atoms with van der Waals surface area (Å²) in [5.74, 6) is -0.141. The molecule has 7 heteroatoms. The molecule has 0 spiro atoms. The van der Waals surface area contributed by atoms with Crippen LogP contribution in [0.1, 0.15) is 46.7 Å². The van der Waals surface area contributed by atoms with Crippen molar-refractivity contribution in [2.45, 2.75) is 39.8 Å². The summed E-state index contributed by atoms with van der Waals surface area (Å²) in [6.45, 7) is 4.95. The summed E-state index contributed by atoms with van der Waals surface area (Å²) in [6, 6.07) is 12.5. The van der Waals surface area contributed by atoms with E-state index in [1.165, 1.54) is 13.2 Å². The zero-order valence-electron chi connectivity index (χ0n) is 17.0. The molecular formula is C23H22N2O5. The molecule has 1 aromatic carbocycles. The van der Waals surface area contributed by atoms with Gasteiger partial charge in [-0.05, 0) is 55.7 Å². The fourth-order valence-electron chi connectivity index (χ4n) is 3.22. The van der Waals surface area contributed by atoms with Crippen molar-refractivity contribution in [1.82, 2.24) is 4.57 Å². The molecule has 7 nitrogen and oxygen atoms in total. The normalized spacial score (nSPS) is 11.7. The fraction of sp³-hybridized carbons (Fsp3) is 0.261. The molecule has 2 heterocycles. The second-order valence-electron chi connectivity index (χ2n) is 6.90. The minimum Gasteiger partial charge on any atom is -0.494 e. The lowest BCUT2D eigenvalue weighted by atomic mass is 9.99. The van der Waals surface area contributed by atoms with Crippen molar-refractivity contribution in [1.29, 1.82) is 5.26 Å². The Labute approximate surface area is 173 Å². The van der Waals surface area contributed by atoms with E-state index in [1.807, 2.05) is 25.1 Å². The number of nitriles is 1. The van der Waals surface area contributed by atoms with Gasteiger partial charge in [0.05, 0.1) is 18.4 Å². The van der Waals surface area contributed by atoms with Gasteiger partial charge in [-0.15, -0.1) is 0 Å². The molecule has 0 aliphatic rings. The van der Waals surface area contributed by atoms with Crippen LogP contribution in [-0.2, 0) is 13.0 Å². The number of carbonyl (C=O) groups excluding carboxylic acids is 1. The van der Waals surface area contributed by atoms with E-state index >= 15 is 0 Å². The van der Waals surface area contributed by atoms with Crippen LogP contribution in [0.25, 0.3) is 0 Å². The summed E-state index contributed by atoms with van der Waals surface area (Å²) in [4.78, 5) is 25.8. The minimum atomic E-state index is -0.941. The number of furan rings is 1. The monoisotopic (exact) mass is 406 g/mol. The topological polar surface area (TPSA) is 105 Å². The van der Waals surface area contributed by atoms with Gasteiger partial charge in [-0.1, -0.05) is 19.1 Å². The quantitative estimate of drug-likeness (QED) is 0.601. The Morgan fingerprint density at radius 3 is 2.57 bits per heavy atom. The third-order valence-corrected chi connectivity index (χ3v) is 4.95. The van der Waals surface area contributed by atoms with Gasteiger partial charge < -0.3 is 14.3 Å². The highest BCUT2D eigenvalue weighted by atomic mass is 16.5. The van der Waals surface area contributed by atoms with Gasteiger partial charge in [0.2, 0.25) is 11.7 Å². The number of carbonyl (C=O) groups is 1. The third-order valence-electron chi connectivity index (χ3n) is 4.95. The van der Waals surface area contributed by atoms with Gasteiger partial charge in [0, 0.05) is 0 Å². The number of aryl methyl sites for hydroxylation is 1. The van der Waals surface area contributed by atoms with E-state index < -0.39 is 23.3 Å². The molecular weight excluding hydrogens is 384 g/mol. The standard InChI is InChI=1S/C23H22N2O5/c1-4-16-7-9-17(10-8-16)30-15(3)21(26)20-14(2)19(12-24)22(27)25(23(20)28)13-18-6-5-11-29-18/h5-11,15,28H,4,13H2,1-3H3. The minimum absolute atomic E-state index is 0.110. The first-order chi connectivity index (χ1) is 14.4. The van der Waals surface area contributed by atoms with E-state index in [2.05, 4.69) is 0 Å². The molecule has 0 saturated heterocycles. The highest BCUT2D eigenvalue weighted by Gasteiger charge is 2.28. The zero-order chi connectivity index (χ0) is 21.8. The molecule has 2 aromatic heterocycles. The van der Waals surface area contributed by atoms with Crippen molar-refractivity contribution in [3.8, 4) is 17.7 Å². The van der Waals surface area contributed by atoms with E-state index in [-0.39, 0.29) is 23.2 Å². The Balaban J connectivity index is 1.99. The molecule has 0 bridgehead atoms. The molecule has 154 valence electrons. The fourth-order valence-corrected chi connectivity index (χ4v) is 3.22. The van der Waals surface area contributed by atoms with Crippen molar-refractivity contribution in [2.24, 2.45) is 0 Å². The Morgan fingerprint density at radius 1 is 1.30 bits per heavy atom. The van der Waals surface area contributed by atoms with E-state index in [4.69, 9.17) is 9.15 Å². The SMILES string of the molecule is CCc1ccc(OC(C)C(=O)c2c(C)c(C#N)c(=O)n(Cc3ccco3)c2O)cc1. The van der Waals surface area contributed by atoms with Gasteiger partial charge in [0.15, 0.2) is 6.10 Å². The number of rotatable bonds is 7. The average molecular weight is 406 g/mol. The summed E-state index contributed by atoms with van der Waals surface area (Å²) in [6.07, 6.45) is 1.38. The Bertz CT molecular complexity index is 1150. The number of ether oxygens (including phenoxy) is 1. The predicted octanol–water partition coefficient (Wildman–Crippen LogP) is 3.59. The molecule has 0 saturated carbocycles. The van der Waals surface area contributed by atoms with E-state index in [0.717, 1.165) is 16.6 Å². The van der Waals surface area contributed by atoms with Crippen molar-refractivity contribution in [2.75, 3.05) is 0 Å². The van der Waals surface area contributed by atoms with Gasteiger partial charge in [-0.25, -0.2) is 0 Å². The van der Waals surface area contributed by atoms with E-state index in [1.54, 1.807) is 31.2 Å². The molecule has 3 rings (SSSR count). The van der Waals surface area contributed by atoms with E-state index in [0.29, 0.717) is 11.5 Å². The number of benzene rings is 1. The average Bonchev–Trinajstić information content (AvgIpc) is 3.25. The van der Waals surface area contributed by atoms with Gasteiger partial charge in [0.25, 0.3) is 5.56 Å². The van der Waals surface area contributed by atoms with Crippen molar-refractivity contribution in [3.63, 3.8) is 0 Å². The molecule has 3 aromatic rings. The van der Waals surface area contributed by atoms with Crippen molar-refractivity contribution in [3.05, 3.63) is 81.0 Å². The number of ketones is 1. The first-order valence-corrected chi connectivity index (χ1v) is 9.56. The Morgan fingerprint density at radius 2 is 2.00 bits per heavy atom. The molecule has 0 radical (unpaired) electrons. The summed E-state index contributed by atoms with van der Waals surface area (Å²) in [5.41, 5.74) is 0.248. The second kappa shape index (κ2) is 8.70. The number of hydrogen-bond acceptors (Lipinski definition) is 6. The summed E-state index contributed by atoms with van der Waals surface area (Å²) in [7, 11) is 0. The maximum absolute atomic E-state index is 13.1. The highest BCUT2D eigenvalue weighted by Crippen LogP contribution is 2.25. The van der Waals surface area contributed by atoms with Gasteiger partial charge >= 0.3 is 0 Å². The first kappa shape index (κ1) is 20.9. The van der Waals surface area contributed by atoms with Crippen LogP contribution in [0, 0.1) is 18.3 Å². The van der Waals surface area contributed by atoms with Gasteiger partial charge in [0.1, 0.15) is 23.1 Å². The molecule has 0 aliphatic heterocycles. The van der Waals surface area contributed by atoms with Crippen LogP contribution >= 0.6 is 0 Å². The molecule has 0 aliphatic carbocycles. The summed E-state index contributed by atoms with van der Waals surface area (Å²) < 4.78 is 11.9. The predicted molar refractivity (Wildman–Crippen MR) is 110 cm³/mol. The van der Waals surface area contributed by atoms with Crippen molar-refractivity contribution < 1.29 is 19.1 Å². The molecule has 30 heavy (non-hydrogen) atoms. The van der Waals surface area contributed by atoms with Crippen LogP contribution in [0.4, 0.5) is 0 Å². The lowest BCUT2D eigenvalue weighted by Crippen LogP contribution is -2.31. The summed E-state index contributed by atoms with van der Waals surface area (Å²) in [5, 5.41) is 20.2. The van der Waals surface area contributed by atoms with Gasteiger partial charge in [-0.3, -0.25) is 14.2 Å². The number of aromatic hydroxyl groups is 1. The number of aromatic nitrogens is 1. The van der Waals surface area contributed by atoms with Crippen LogP contribution in [0.3, 0.4) is 0 Å². The van der Waals surface area contributed by atoms with E-state index in [9.17, 15) is 20.0 Å². The van der Waals surface area contributed by atoms with Crippen LogP contribution in [0.2, 0.25) is 0 Å². The zero-order valence-corrected chi connectivity index (χ0v) is 17.0. The van der Waals surface area contributed by atoms with Crippen LogP contribution in [0.5, 0.6) is 11.6 Å². The van der Waals surface area contributed by atoms with Crippen LogP contribution in [0.15, 0.2) is 51.9 Å². The van der Waals surface area contributed by atoms with Crippen molar-refractivity contribution >= 4 is 5.78 Å². The maximum Gasteiger partial charge on any atom is 0.271 e. The lowest BCUT2D eigenvalue weighted by molar-refractivity contribution is 0.0812. The molecule has 1 unspecified atom stereocenters.